The lowest BCUT2D eigenvalue weighted by Crippen LogP contribution is -2.42. The summed E-state index contributed by atoms with van der Waals surface area (Å²) >= 11 is 0. The molecule has 3 nitrogen and oxygen atoms in total. The van der Waals surface area contributed by atoms with Crippen molar-refractivity contribution in [1.82, 2.24) is 10.2 Å². The third kappa shape index (κ3) is 3.83. The second-order valence-electron chi connectivity index (χ2n) is 5.98. The zero-order chi connectivity index (χ0) is 14.5. The molecular formula is C17H26N2O. The Labute approximate surface area is 122 Å². The number of carbonyl (C=O) groups excluding carboxylic acids is 1. The summed E-state index contributed by atoms with van der Waals surface area (Å²) in [7, 11) is 1.93. The van der Waals surface area contributed by atoms with E-state index in [0.29, 0.717) is 5.91 Å². The van der Waals surface area contributed by atoms with Crippen LogP contribution in [0.5, 0.6) is 0 Å². The fraction of sp³-hybridized carbons (Fsp3) is 0.588. The summed E-state index contributed by atoms with van der Waals surface area (Å²) in [4.78, 5) is 14.2. The van der Waals surface area contributed by atoms with Gasteiger partial charge >= 0.3 is 0 Å². The van der Waals surface area contributed by atoms with E-state index < -0.39 is 0 Å². The second kappa shape index (κ2) is 6.89. The molecule has 1 heterocycles. The minimum Gasteiger partial charge on any atom is -0.345 e. The molecule has 1 atom stereocenters. The molecule has 1 aliphatic heterocycles. The van der Waals surface area contributed by atoms with Crippen LogP contribution in [0, 0.1) is 19.8 Å². The number of piperidine rings is 1. The Kier molecular flexibility index (Phi) is 5.18. The molecule has 3 heteroatoms. The molecule has 110 valence electrons. The lowest BCUT2D eigenvalue weighted by molar-refractivity contribution is -0.134. The minimum atomic E-state index is 0.174. The maximum absolute atomic E-state index is 12.3. The van der Waals surface area contributed by atoms with Crippen LogP contribution in [0.25, 0.3) is 0 Å². The number of amides is 1. The molecule has 1 aromatic rings. The van der Waals surface area contributed by atoms with Crippen molar-refractivity contribution in [1.29, 1.82) is 0 Å². The molecule has 1 aliphatic rings. The van der Waals surface area contributed by atoms with Gasteiger partial charge in [0.05, 0.1) is 5.92 Å². The molecule has 20 heavy (non-hydrogen) atoms. The lowest BCUT2D eigenvalue weighted by atomic mass is 9.98. The van der Waals surface area contributed by atoms with Gasteiger partial charge in [0.2, 0.25) is 5.91 Å². The van der Waals surface area contributed by atoms with Gasteiger partial charge < -0.3 is 10.2 Å². The van der Waals surface area contributed by atoms with Gasteiger partial charge in [0.15, 0.2) is 0 Å². The average Bonchev–Trinajstić information content (AvgIpc) is 2.46. The highest BCUT2D eigenvalue weighted by atomic mass is 16.2. The van der Waals surface area contributed by atoms with E-state index in [4.69, 9.17) is 0 Å². The Morgan fingerprint density at radius 3 is 2.85 bits per heavy atom. The minimum absolute atomic E-state index is 0.174. The van der Waals surface area contributed by atoms with Crippen molar-refractivity contribution in [2.45, 2.75) is 33.1 Å². The summed E-state index contributed by atoms with van der Waals surface area (Å²) in [6.07, 6.45) is 3.08. The number of benzene rings is 1. The Balaban J connectivity index is 1.87. The number of nitrogens with one attached hydrogen (secondary N) is 1. The van der Waals surface area contributed by atoms with E-state index in [2.05, 4.69) is 37.4 Å². The molecule has 0 aromatic heterocycles. The van der Waals surface area contributed by atoms with Crippen LogP contribution in [-0.2, 0) is 11.2 Å². The van der Waals surface area contributed by atoms with Crippen molar-refractivity contribution >= 4 is 5.91 Å². The molecule has 1 N–H and O–H groups in total. The molecule has 0 aliphatic carbocycles. The summed E-state index contributed by atoms with van der Waals surface area (Å²) in [6, 6.07) is 6.54. The van der Waals surface area contributed by atoms with Gasteiger partial charge in [0.1, 0.15) is 0 Å². The van der Waals surface area contributed by atoms with E-state index >= 15 is 0 Å². The highest BCUT2D eigenvalue weighted by molar-refractivity contribution is 5.78. The number of likely N-dealkylation sites (N-methyl/N-ethyl adjacent to an activating group) is 1. The summed E-state index contributed by atoms with van der Waals surface area (Å²) < 4.78 is 0. The van der Waals surface area contributed by atoms with Crippen LogP contribution >= 0.6 is 0 Å². The largest absolute Gasteiger partial charge is 0.345 e. The molecule has 0 spiro atoms. The normalized spacial score (nSPS) is 18.9. The first-order valence-corrected chi connectivity index (χ1v) is 7.60. The molecule has 1 amide bonds. The third-order valence-electron chi connectivity index (χ3n) is 4.24. The van der Waals surface area contributed by atoms with Crippen molar-refractivity contribution in [3.05, 3.63) is 34.9 Å². The molecule has 0 bridgehead atoms. The zero-order valence-electron chi connectivity index (χ0n) is 12.9. The standard InChI is InChI=1S/C17H26N2O/c1-13-6-7-15(14(2)11-13)8-10-19(3)17(20)16-5-4-9-18-12-16/h6-7,11,16,18H,4-5,8-10,12H2,1-3H3. The van der Waals surface area contributed by atoms with E-state index in [-0.39, 0.29) is 5.92 Å². The molecule has 1 saturated heterocycles. The van der Waals surface area contributed by atoms with Crippen molar-refractivity contribution in [3.63, 3.8) is 0 Å². The molecular weight excluding hydrogens is 248 g/mol. The summed E-state index contributed by atoms with van der Waals surface area (Å²) in [5, 5.41) is 3.31. The van der Waals surface area contributed by atoms with Crippen LogP contribution < -0.4 is 5.32 Å². The van der Waals surface area contributed by atoms with Crippen molar-refractivity contribution in [2.24, 2.45) is 5.92 Å². The fourth-order valence-corrected chi connectivity index (χ4v) is 2.90. The van der Waals surface area contributed by atoms with Crippen molar-refractivity contribution < 1.29 is 4.79 Å². The molecule has 0 radical (unpaired) electrons. The van der Waals surface area contributed by atoms with Crippen LogP contribution in [0.4, 0.5) is 0 Å². The van der Waals surface area contributed by atoms with Crippen LogP contribution in [0.3, 0.4) is 0 Å². The van der Waals surface area contributed by atoms with Crippen LogP contribution in [0.15, 0.2) is 18.2 Å². The van der Waals surface area contributed by atoms with Gasteiger partial charge in [-0.05, 0) is 50.8 Å². The van der Waals surface area contributed by atoms with Gasteiger partial charge in [0.25, 0.3) is 0 Å². The topological polar surface area (TPSA) is 32.3 Å². The first-order valence-electron chi connectivity index (χ1n) is 7.60. The molecule has 1 fully saturated rings. The van der Waals surface area contributed by atoms with Crippen molar-refractivity contribution in [2.75, 3.05) is 26.7 Å². The average molecular weight is 274 g/mol. The molecule has 2 rings (SSSR count). The SMILES string of the molecule is Cc1ccc(CCN(C)C(=O)C2CCCNC2)c(C)c1. The second-order valence-corrected chi connectivity index (χ2v) is 5.98. The number of aryl methyl sites for hydroxylation is 2. The van der Waals surface area contributed by atoms with Gasteiger partial charge in [-0.3, -0.25) is 4.79 Å². The molecule has 0 saturated carbocycles. The number of hydrogen-bond donors (Lipinski definition) is 1. The van der Waals surface area contributed by atoms with Crippen LogP contribution in [-0.4, -0.2) is 37.5 Å². The van der Waals surface area contributed by atoms with Gasteiger partial charge in [-0.15, -0.1) is 0 Å². The number of carbonyl (C=O) groups is 1. The molecule has 1 unspecified atom stereocenters. The first kappa shape index (κ1) is 15.0. The summed E-state index contributed by atoms with van der Waals surface area (Å²) in [5.41, 5.74) is 3.96. The van der Waals surface area contributed by atoms with Crippen molar-refractivity contribution in [3.8, 4) is 0 Å². The third-order valence-corrected chi connectivity index (χ3v) is 4.24. The molecule has 1 aromatic carbocycles. The number of nitrogens with zero attached hydrogens (tertiary/aromatic N) is 1. The Bertz CT molecular complexity index is 464. The monoisotopic (exact) mass is 274 g/mol. The van der Waals surface area contributed by atoms with E-state index in [9.17, 15) is 4.79 Å². The first-order chi connectivity index (χ1) is 9.58. The van der Waals surface area contributed by atoms with E-state index in [1.165, 1.54) is 16.7 Å². The van der Waals surface area contributed by atoms with Crippen LogP contribution in [0.2, 0.25) is 0 Å². The fourth-order valence-electron chi connectivity index (χ4n) is 2.90. The Morgan fingerprint density at radius 2 is 2.20 bits per heavy atom. The zero-order valence-corrected chi connectivity index (χ0v) is 12.9. The Morgan fingerprint density at radius 1 is 1.40 bits per heavy atom. The maximum atomic E-state index is 12.3. The quantitative estimate of drug-likeness (QED) is 0.914. The van der Waals surface area contributed by atoms with E-state index in [0.717, 1.165) is 38.9 Å². The predicted molar refractivity (Wildman–Crippen MR) is 82.9 cm³/mol. The van der Waals surface area contributed by atoms with Gasteiger partial charge in [-0.25, -0.2) is 0 Å². The number of rotatable bonds is 4. The lowest BCUT2D eigenvalue weighted by Gasteiger charge is -2.27. The van der Waals surface area contributed by atoms with E-state index in [1.54, 1.807) is 0 Å². The summed E-state index contributed by atoms with van der Waals surface area (Å²) in [6.45, 7) is 6.96. The van der Waals surface area contributed by atoms with Crippen LogP contribution in [0.1, 0.15) is 29.5 Å². The number of hydrogen-bond acceptors (Lipinski definition) is 2. The van der Waals surface area contributed by atoms with Gasteiger partial charge in [0, 0.05) is 20.1 Å². The Hall–Kier alpha value is -1.35. The predicted octanol–water partition coefficient (Wildman–Crippen LogP) is 2.30. The van der Waals surface area contributed by atoms with E-state index in [1.807, 2.05) is 11.9 Å². The van der Waals surface area contributed by atoms with Gasteiger partial charge in [-0.2, -0.15) is 0 Å². The smallest absolute Gasteiger partial charge is 0.226 e. The summed E-state index contributed by atoms with van der Waals surface area (Å²) in [5.74, 6) is 0.467. The maximum Gasteiger partial charge on any atom is 0.226 e. The van der Waals surface area contributed by atoms with Gasteiger partial charge in [-0.1, -0.05) is 23.8 Å². The highest BCUT2D eigenvalue weighted by Gasteiger charge is 2.23. The highest BCUT2D eigenvalue weighted by Crippen LogP contribution is 2.15.